The van der Waals surface area contributed by atoms with Gasteiger partial charge in [-0.25, -0.2) is 9.59 Å². The number of ether oxygens (including phenoxy) is 6. The minimum atomic E-state index is -2.32. The van der Waals surface area contributed by atoms with Crippen molar-refractivity contribution < 1.29 is 38.0 Å². The molecule has 1 aromatic rings. The van der Waals surface area contributed by atoms with Crippen molar-refractivity contribution in [3.63, 3.8) is 0 Å². The summed E-state index contributed by atoms with van der Waals surface area (Å²) < 4.78 is 30.9. The van der Waals surface area contributed by atoms with Gasteiger partial charge in [0.25, 0.3) is 0 Å². The molecule has 0 spiro atoms. The SMILES string of the molecule is COC(=O)C1(OC)Oc2ccccc2OC1(OC)C(=O)OC. The molecule has 0 aliphatic carbocycles. The average Bonchev–Trinajstić information content (AvgIpc) is 2.58. The number of esters is 2. The van der Waals surface area contributed by atoms with Crippen LogP contribution >= 0.6 is 0 Å². The molecule has 8 heteroatoms. The van der Waals surface area contributed by atoms with Crippen LogP contribution in [0.5, 0.6) is 11.5 Å². The summed E-state index contributed by atoms with van der Waals surface area (Å²) in [4.78, 5) is 24.6. The fourth-order valence-electron chi connectivity index (χ4n) is 2.20. The zero-order valence-electron chi connectivity index (χ0n) is 12.6. The predicted octanol–water partition coefficient (Wildman–Crippen LogP) is 0.489. The lowest BCUT2D eigenvalue weighted by Crippen LogP contribution is -2.73. The lowest BCUT2D eigenvalue weighted by Gasteiger charge is -2.45. The smallest absolute Gasteiger partial charge is 0.390 e. The maximum absolute atomic E-state index is 12.3. The van der Waals surface area contributed by atoms with Crippen LogP contribution in [-0.2, 0) is 28.5 Å². The first-order valence-corrected chi connectivity index (χ1v) is 6.25. The number of hydrogen-bond acceptors (Lipinski definition) is 8. The Labute approximate surface area is 126 Å². The fraction of sp³-hybridized carbons (Fsp3) is 0.429. The Hall–Kier alpha value is -2.32. The van der Waals surface area contributed by atoms with Crippen molar-refractivity contribution in [2.24, 2.45) is 0 Å². The molecule has 1 heterocycles. The fourth-order valence-corrected chi connectivity index (χ4v) is 2.20. The summed E-state index contributed by atoms with van der Waals surface area (Å²) in [6.45, 7) is 0. The first-order valence-electron chi connectivity index (χ1n) is 6.25. The molecule has 0 bridgehead atoms. The maximum atomic E-state index is 12.3. The first-order chi connectivity index (χ1) is 10.5. The van der Waals surface area contributed by atoms with Crippen molar-refractivity contribution in [1.29, 1.82) is 0 Å². The molecule has 0 N–H and O–H groups in total. The number of para-hydroxylation sites is 2. The molecule has 2 unspecified atom stereocenters. The van der Waals surface area contributed by atoms with Crippen molar-refractivity contribution in [3.05, 3.63) is 24.3 Å². The molecule has 22 heavy (non-hydrogen) atoms. The molecule has 1 aliphatic rings. The van der Waals surface area contributed by atoms with Crippen molar-refractivity contribution in [3.8, 4) is 11.5 Å². The van der Waals surface area contributed by atoms with Gasteiger partial charge in [0.05, 0.1) is 14.2 Å². The lowest BCUT2D eigenvalue weighted by molar-refractivity contribution is -0.339. The second-order valence-electron chi connectivity index (χ2n) is 4.28. The normalized spacial score (nSPS) is 26.2. The van der Waals surface area contributed by atoms with E-state index in [2.05, 4.69) is 0 Å². The Balaban J connectivity index is 2.70. The molecule has 8 nitrogen and oxygen atoms in total. The summed E-state index contributed by atoms with van der Waals surface area (Å²) in [5.74, 6) is -6.30. The summed E-state index contributed by atoms with van der Waals surface area (Å²) in [5, 5.41) is 0. The molecule has 0 saturated heterocycles. The highest BCUT2D eigenvalue weighted by Crippen LogP contribution is 2.45. The minimum absolute atomic E-state index is 0.186. The monoisotopic (exact) mass is 312 g/mol. The Morgan fingerprint density at radius 1 is 0.818 bits per heavy atom. The van der Waals surface area contributed by atoms with Gasteiger partial charge < -0.3 is 28.4 Å². The van der Waals surface area contributed by atoms with Gasteiger partial charge in [0, 0.05) is 14.2 Å². The predicted molar refractivity (Wildman–Crippen MR) is 71.2 cm³/mol. The molecule has 2 atom stereocenters. The van der Waals surface area contributed by atoms with Gasteiger partial charge in [0.2, 0.25) is 0 Å². The van der Waals surface area contributed by atoms with Crippen LogP contribution in [0.2, 0.25) is 0 Å². The molecule has 1 aromatic carbocycles. The zero-order chi connectivity index (χ0) is 16.4. The van der Waals surface area contributed by atoms with Crippen LogP contribution in [-0.4, -0.2) is 52.0 Å². The largest absolute Gasteiger partial charge is 0.464 e. The third kappa shape index (κ3) is 1.99. The summed E-state index contributed by atoms with van der Waals surface area (Å²) in [6, 6.07) is 6.42. The van der Waals surface area contributed by atoms with E-state index in [1.807, 2.05) is 0 Å². The van der Waals surface area contributed by atoms with Crippen LogP contribution in [0.25, 0.3) is 0 Å². The number of carbonyl (C=O) groups excluding carboxylic acids is 2. The van der Waals surface area contributed by atoms with Gasteiger partial charge in [-0.05, 0) is 12.1 Å². The molecule has 2 rings (SSSR count). The van der Waals surface area contributed by atoms with Gasteiger partial charge >= 0.3 is 23.5 Å². The number of hydrogen-bond donors (Lipinski definition) is 0. The number of methoxy groups -OCH3 is 4. The van der Waals surface area contributed by atoms with Crippen LogP contribution in [0.15, 0.2) is 24.3 Å². The summed E-state index contributed by atoms with van der Waals surface area (Å²) in [7, 11) is 4.55. The van der Waals surface area contributed by atoms with E-state index < -0.39 is 23.5 Å². The van der Waals surface area contributed by atoms with Crippen molar-refractivity contribution in [1.82, 2.24) is 0 Å². The van der Waals surface area contributed by atoms with Crippen molar-refractivity contribution in [2.75, 3.05) is 28.4 Å². The molecule has 0 aromatic heterocycles. The van der Waals surface area contributed by atoms with Crippen LogP contribution in [0.4, 0.5) is 0 Å². The number of carbonyl (C=O) groups is 2. The van der Waals surface area contributed by atoms with Gasteiger partial charge in [-0.15, -0.1) is 0 Å². The Morgan fingerprint density at radius 2 is 1.18 bits per heavy atom. The van der Waals surface area contributed by atoms with E-state index in [1.54, 1.807) is 24.3 Å². The summed E-state index contributed by atoms with van der Waals surface area (Å²) in [5.41, 5.74) is 0. The standard InChI is InChI=1S/C14H16O8/c1-17-11(15)13(19-3)14(20-4,12(16)18-2)22-10-8-6-5-7-9(10)21-13/h5-8H,1-4H3. The Morgan fingerprint density at radius 3 is 1.45 bits per heavy atom. The van der Waals surface area contributed by atoms with Crippen LogP contribution < -0.4 is 9.47 Å². The Bertz CT molecular complexity index is 535. The van der Waals surface area contributed by atoms with Crippen LogP contribution in [0.3, 0.4) is 0 Å². The third-order valence-corrected chi connectivity index (χ3v) is 3.27. The molecule has 120 valence electrons. The molecular weight excluding hydrogens is 296 g/mol. The quantitative estimate of drug-likeness (QED) is 0.742. The van der Waals surface area contributed by atoms with Crippen LogP contribution in [0, 0.1) is 0 Å². The molecular formula is C14H16O8. The second-order valence-corrected chi connectivity index (χ2v) is 4.28. The van der Waals surface area contributed by atoms with Crippen molar-refractivity contribution in [2.45, 2.75) is 11.6 Å². The van der Waals surface area contributed by atoms with Gasteiger partial charge in [0.15, 0.2) is 11.5 Å². The van der Waals surface area contributed by atoms with Gasteiger partial charge in [0.1, 0.15) is 0 Å². The highest BCUT2D eigenvalue weighted by molar-refractivity contribution is 5.91. The van der Waals surface area contributed by atoms with E-state index >= 15 is 0 Å². The minimum Gasteiger partial charge on any atom is -0.464 e. The number of rotatable bonds is 4. The van der Waals surface area contributed by atoms with Gasteiger partial charge in [-0.2, -0.15) is 0 Å². The zero-order valence-corrected chi connectivity index (χ0v) is 12.6. The molecule has 0 saturated carbocycles. The highest BCUT2D eigenvalue weighted by atomic mass is 16.8. The van der Waals surface area contributed by atoms with E-state index in [0.717, 1.165) is 28.4 Å². The second kappa shape index (κ2) is 5.82. The summed E-state index contributed by atoms with van der Waals surface area (Å²) in [6.07, 6.45) is 0. The van der Waals surface area contributed by atoms with Crippen molar-refractivity contribution >= 4 is 11.9 Å². The van der Waals surface area contributed by atoms with E-state index in [1.165, 1.54) is 0 Å². The van der Waals surface area contributed by atoms with E-state index in [9.17, 15) is 9.59 Å². The molecule has 0 radical (unpaired) electrons. The van der Waals surface area contributed by atoms with Crippen LogP contribution in [0.1, 0.15) is 0 Å². The highest BCUT2D eigenvalue weighted by Gasteiger charge is 2.73. The number of benzene rings is 1. The van der Waals surface area contributed by atoms with E-state index in [-0.39, 0.29) is 11.5 Å². The topological polar surface area (TPSA) is 89.5 Å². The third-order valence-electron chi connectivity index (χ3n) is 3.27. The average molecular weight is 312 g/mol. The Kier molecular flexibility index (Phi) is 4.25. The van der Waals surface area contributed by atoms with Gasteiger partial charge in [-0.3, -0.25) is 0 Å². The lowest BCUT2D eigenvalue weighted by atomic mass is 10.0. The molecule has 0 fully saturated rings. The van der Waals surface area contributed by atoms with E-state index in [0.29, 0.717) is 0 Å². The number of fused-ring (bicyclic) bond motifs is 1. The maximum Gasteiger partial charge on any atom is 0.390 e. The van der Waals surface area contributed by atoms with E-state index in [4.69, 9.17) is 28.4 Å². The first kappa shape index (κ1) is 16.1. The molecule has 1 aliphatic heterocycles. The molecule has 0 amide bonds. The summed E-state index contributed by atoms with van der Waals surface area (Å²) >= 11 is 0. The van der Waals surface area contributed by atoms with Gasteiger partial charge in [-0.1, -0.05) is 12.1 Å².